The number of benzene rings is 1. The van der Waals surface area contributed by atoms with Crippen LogP contribution < -0.4 is 5.73 Å². The van der Waals surface area contributed by atoms with Crippen LogP contribution in [0.3, 0.4) is 0 Å². The number of carbonyl (C=O) groups is 1. The minimum atomic E-state index is -0.700. The highest BCUT2D eigenvalue weighted by Crippen LogP contribution is 2.38. The summed E-state index contributed by atoms with van der Waals surface area (Å²) >= 11 is 0. The fraction of sp³-hybridized carbons (Fsp3) is 0.559. The van der Waals surface area contributed by atoms with Crippen molar-refractivity contribution in [3.63, 3.8) is 0 Å². The molecule has 1 unspecified atom stereocenters. The van der Waals surface area contributed by atoms with E-state index in [0.29, 0.717) is 13.0 Å². The van der Waals surface area contributed by atoms with Crippen LogP contribution >= 0.6 is 0 Å². The summed E-state index contributed by atoms with van der Waals surface area (Å²) in [6.07, 6.45) is 11.3. The Morgan fingerprint density at radius 1 is 1.00 bits per heavy atom. The van der Waals surface area contributed by atoms with Crippen molar-refractivity contribution in [2.24, 2.45) is 11.1 Å². The molecular formula is C34H60N2O2. The Labute approximate surface area is 236 Å². The highest BCUT2D eigenvalue weighted by molar-refractivity contribution is 5.86. The zero-order chi connectivity index (χ0) is 30.2. The standard InChI is InChI=1S/C24H36N2O2.2C3H6.2C2H6/c1-6-13-24(22(25)27,19(3)7-2)15-14-23(4,5)26-16-21(17-26)28-18-20-11-9-8-10-12-20;2*1-3-2;2*1-2/h6-13,21H,14-18H2,1-5H3,(H2,25,27);2*3H,1H2,2H3;2*1-2H3/b13-6+,19-7+;;;;. The van der Waals surface area contributed by atoms with Crippen LogP contribution in [0, 0.1) is 5.41 Å². The Balaban J connectivity index is -0.00000107. The first-order chi connectivity index (χ1) is 18.1. The van der Waals surface area contributed by atoms with Crippen LogP contribution in [-0.2, 0) is 16.1 Å². The second-order valence-corrected chi connectivity index (χ2v) is 9.26. The first-order valence-corrected chi connectivity index (χ1v) is 14.2. The molecule has 2 N–H and O–H groups in total. The Bertz CT molecular complexity index is 784. The van der Waals surface area contributed by atoms with Gasteiger partial charge in [0.25, 0.3) is 0 Å². The summed E-state index contributed by atoms with van der Waals surface area (Å²) in [4.78, 5) is 14.8. The number of rotatable bonds is 10. The summed E-state index contributed by atoms with van der Waals surface area (Å²) in [5.41, 5.74) is 7.35. The fourth-order valence-corrected chi connectivity index (χ4v) is 3.84. The molecule has 1 heterocycles. The molecule has 38 heavy (non-hydrogen) atoms. The lowest BCUT2D eigenvalue weighted by Gasteiger charge is -2.49. The number of ether oxygens (including phenoxy) is 1. The molecule has 1 aliphatic rings. The maximum absolute atomic E-state index is 12.4. The van der Waals surface area contributed by atoms with Crippen LogP contribution in [0.5, 0.6) is 0 Å². The van der Waals surface area contributed by atoms with Crippen molar-refractivity contribution >= 4 is 5.91 Å². The molecule has 1 atom stereocenters. The minimum Gasteiger partial charge on any atom is -0.371 e. The molecule has 4 nitrogen and oxygen atoms in total. The predicted molar refractivity (Wildman–Crippen MR) is 170 cm³/mol. The molecule has 1 fully saturated rings. The highest BCUT2D eigenvalue weighted by atomic mass is 16.5. The van der Waals surface area contributed by atoms with Crippen LogP contribution in [-0.4, -0.2) is 35.5 Å². The zero-order valence-electron chi connectivity index (χ0n) is 26.6. The number of hydrogen-bond acceptors (Lipinski definition) is 3. The summed E-state index contributed by atoms with van der Waals surface area (Å²) < 4.78 is 6.03. The average Bonchev–Trinajstić information content (AvgIpc) is 2.89. The molecular weight excluding hydrogens is 468 g/mol. The third kappa shape index (κ3) is 14.5. The number of allylic oxidation sites excluding steroid dienone is 4. The number of amides is 1. The van der Waals surface area contributed by atoms with Crippen LogP contribution in [0.2, 0.25) is 0 Å². The Hall–Kier alpha value is -2.43. The highest BCUT2D eigenvalue weighted by Gasteiger charge is 2.41. The molecule has 1 aromatic rings. The minimum absolute atomic E-state index is 0.0110. The number of primary amides is 1. The third-order valence-electron chi connectivity index (χ3n) is 6.19. The van der Waals surface area contributed by atoms with Crippen molar-refractivity contribution in [2.45, 2.75) is 107 Å². The lowest BCUT2D eigenvalue weighted by molar-refractivity contribution is -0.125. The van der Waals surface area contributed by atoms with Crippen LogP contribution in [0.25, 0.3) is 0 Å². The van der Waals surface area contributed by atoms with Crippen LogP contribution in [0.1, 0.15) is 94.6 Å². The van der Waals surface area contributed by atoms with E-state index in [2.05, 4.69) is 44.0 Å². The van der Waals surface area contributed by atoms with Crippen molar-refractivity contribution < 1.29 is 9.53 Å². The Morgan fingerprint density at radius 3 is 1.87 bits per heavy atom. The van der Waals surface area contributed by atoms with Crippen LogP contribution in [0.15, 0.2) is 79.4 Å². The van der Waals surface area contributed by atoms with Gasteiger partial charge in [-0.15, -0.1) is 13.2 Å². The summed E-state index contributed by atoms with van der Waals surface area (Å²) in [5.74, 6) is -0.273. The summed E-state index contributed by atoms with van der Waals surface area (Å²) in [7, 11) is 0. The normalized spacial score (nSPS) is 14.9. The van der Waals surface area contributed by atoms with E-state index in [9.17, 15) is 4.79 Å². The van der Waals surface area contributed by atoms with E-state index in [4.69, 9.17) is 10.5 Å². The SMILES string of the molecule is C/C=C/C(CCC(C)(C)N1CC(OCc2ccccc2)C1)(C(N)=O)/C(C)=C/C.C=CC.C=CC.CC.CC. The van der Waals surface area contributed by atoms with Gasteiger partial charge in [0.05, 0.1) is 18.1 Å². The molecule has 0 aliphatic carbocycles. The zero-order valence-corrected chi connectivity index (χ0v) is 26.6. The van der Waals surface area contributed by atoms with Gasteiger partial charge in [0.2, 0.25) is 5.91 Å². The molecule has 0 spiro atoms. The monoisotopic (exact) mass is 528 g/mol. The van der Waals surface area contributed by atoms with Gasteiger partial charge in [-0.2, -0.15) is 0 Å². The van der Waals surface area contributed by atoms with Gasteiger partial charge in [-0.1, -0.05) is 94.0 Å². The molecule has 1 aromatic carbocycles. The van der Waals surface area contributed by atoms with Gasteiger partial charge in [0.1, 0.15) is 0 Å². The van der Waals surface area contributed by atoms with Gasteiger partial charge in [0, 0.05) is 18.6 Å². The van der Waals surface area contributed by atoms with Gasteiger partial charge in [0.15, 0.2) is 0 Å². The lowest BCUT2D eigenvalue weighted by Crippen LogP contribution is -2.61. The van der Waals surface area contributed by atoms with E-state index in [1.54, 1.807) is 12.2 Å². The van der Waals surface area contributed by atoms with Gasteiger partial charge in [-0.05, 0) is 66.9 Å². The molecule has 0 aromatic heterocycles. The van der Waals surface area contributed by atoms with Gasteiger partial charge >= 0.3 is 0 Å². The molecule has 1 amide bonds. The summed E-state index contributed by atoms with van der Waals surface area (Å²) in [6, 6.07) is 10.3. The van der Waals surface area contributed by atoms with Crippen molar-refractivity contribution in [2.75, 3.05) is 13.1 Å². The second kappa shape index (κ2) is 23.7. The number of carbonyl (C=O) groups excluding carboxylic acids is 1. The van der Waals surface area contributed by atoms with E-state index in [0.717, 1.165) is 25.1 Å². The molecule has 1 aliphatic heterocycles. The van der Waals surface area contributed by atoms with E-state index < -0.39 is 5.41 Å². The maximum Gasteiger partial charge on any atom is 0.231 e. The fourth-order valence-electron chi connectivity index (χ4n) is 3.84. The first-order valence-electron chi connectivity index (χ1n) is 14.2. The van der Waals surface area contributed by atoms with Gasteiger partial charge in [-0.25, -0.2) is 0 Å². The quantitative estimate of drug-likeness (QED) is 0.308. The van der Waals surface area contributed by atoms with Crippen molar-refractivity contribution in [1.29, 1.82) is 0 Å². The largest absolute Gasteiger partial charge is 0.371 e. The van der Waals surface area contributed by atoms with E-state index >= 15 is 0 Å². The van der Waals surface area contributed by atoms with Crippen LogP contribution in [0.4, 0.5) is 0 Å². The number of likely N-dealkylation sites (tertiary alicyclic amines) is 1. The molecule has 218 valence electrons. The first kappa shape index (κ1) is 40.1. The van der Waals surface area contributed by atoms with E-state index in [-0.39, 0.29) is 17.6 Å². The summed E-state index contributed by atoms with van der Waals surface area (Å²) in [5, 5.41) is 0. The van der Waals surface area contributed by atoms with Gasteiger partial charge in [-0.3, -0.25) is 9.69 Å². The molecule has 2 rings (SSSR count). The number of hydrogen-bond donors (Lipinski definition) is 1. The maximum atomic E-state index is 12.4. The van der Waals surface area contributed by atoms with E-state index in [1.807, 2.05) is 98.7 Å². The molecule has 0 radical (unpaired) electrons. The van der Waals surface area contributed by atoms with E-state index in [1.165, 1.54) is 5.56 Å². The van der Waals surface area contributed by atoms with Crippen molar-refractivity contribution in [1.82, 2.24) is 4.90 Å². The topological polar surface area (TPSA) is 55.6 Å². The number of nitrogens with zero attached hydrogens (tertiary/aromatic N) is 1. The molecule has 1 saturated heterocycles. The average molecular weight is 529 g/mol. The van der Waals surface area contributed by atoms with Gasteiger partial charge < -0.3 is 10.5 Å². The predicted octanol–water partition coefficient (Wildman–Crippen LogP) is 8.90. The third-order valence-corrected chi connectivity index (χ3v) is 6.19. The molecule has 0 bridgehead atoms. The Morgan fingerprint density at radius 2 is 1.47 bits per heavy atom. The molecule has 4 heteroatoms. The summed E-state index contributed by atoms with van der Waals surface area (Å²) in [6.45, 7) is 31.4. The van der Waals surface area contributed by atoms with Crippen molar-refractivity contribution in [3.05, 3.63) is 85.0 Å². The molecule has 0 saturated carbocycles. The smallest absolute Gasteiger partial charge is 0.231 e. The number of nitrogens with two attached hydrogens (primary N) is 1. The second-order valence-electron chi connectivity index (χ2n) is 9.26. The Kier molecular flexibility index (Phi) is 25.0. The van der Waals surface area contributed by atoms with Crippen molar-refractivity contribution in [3.8, 4) is 0 Å². The lowest BCUT2D eigenvalue weighted by atomic mass is 9.73.